The summed E-state index contributed by atoms with van der Waals surface area (Å²) in [5.41, 5.74) is 0.930. The Bertz CT molecular complexity index is 549. The van der Waals surface area contributed by atoms with Crippen molar-refractivity contribution in [2.24, 2.45) is 11.8 Å². The number of nitro benzene ring substituents is 1. The van der Waals surface area contributed by atoms with Crippen LogP contribution in [0.3, 0.4) is 0 Å². The van der Waals surface area contributed by atoms with Crippen molar-refractivity contribution >= 4 is 17.3 Å². The summed E-state index contributed by atoms with van der Waals surface area (Å²) in [5.74, 6) is 0.769. The number of nitrogens with zero attached hydrogens (tertiary/aromatic N) is 2. The number of carbonyl (C=O) groups excluding carboxylic acids is 1. The predicted octanol–water partition coefficient (Wildman–Crippen LogP) is 2.75. The summed E-state index contributed by atoms with van der Waals surface area (Å²) in [6.07, 6.45) is 1.11. The zero-order valence-electron chi connectivity index (χ0n) is 12.6. The van der Waals surface area contributed by atoms with Crippen molar-refractivity contribution in [1.82, 2.24) is 4.90 Å². The number of nitrogens with one attached hydrogen (secondary N) is 1. The van der Waals surface area contributed by atoms with Gasteiger partial charge in [-0.1, -0.05) is 13.8 Å². The van der Waals surface area contributed by atoms with Gasteiger partial charge in [0.25, 0.3) is 11.6 Å². The van der Waals surface area contributed by atoms with Gasteiger partial charge in [-0.15, -0.1) is 0 Å². The Hall–Kier alpha value is -2.11. The van der Waals surface area contributed by atoms with Crippen LogP contribution < -0.4 is 5.32 Å². The van der Waals surface area contributed by atoms with Crippen LogP contribution >= 0.6 is 0 Å². The lowest BCUT2D eigenvalue weighted by Crippen LogP contribution is -2.42. The van der Waals surface area contributed by atoms with Crippen molar-refractivity contribution in [2.45, 2.75) is 20.3 Å². The molecule has 1 saturated heterocycles. The largest absolute Gasteiger partial charge is 0.387 e. The SMILES string of the molecule is CNc1ccc([N+](=O)[O-])cc1C(=O)N1C[C@H](C)C[C@@H](C)C1. The van der Waals surface area contributed by atoms with Gasteiger partial charge in [0.1, 0.15) is 0 Å². The number of rotatable bonds is 3. The van der Waals surface area contributed by atoms with Crippen LogP contribution in [0.25, 0.3) is 0 Å². The standard InChI is InChI=1S/C15H21N3O3/c1-10-6-11(2)9-17(8-10)15(19)13-7-12(18(20)21)4-5-14(13)16-3/h4-5,7,10-11,16H,6,8-9H2,1-3H3/t10-,11-/m1/s1. The van der Waals surface area contributed by atoms with Crippen molar-refractivity contribution in [3.63, 3.8) is 0 Å². The second-order valence-electron chi connectivity index (χ2n) is 5.89. The molecule has 1 fully saturated rings. The first-order valence-electron chi connectivity index (χ1n) is 7.17. The molecule has 1 aliphatic rings. The number of benzene rings is 1. The fourth-order valence-corrected chi connectivity index (χ4v) is 3.04. The molecule has 0 radical (unpaired) electrons. The van der Waals surface area contributed by atoms with Crippen LogP contribution in [0, 0.1) is 22.0 Å². The molecule has 0 unspecified atom stereocenters. The third-order valence-corrected chi connectivity index (χ3v) is 3.87. The number of non-ortho nitro benzene ring substituents is 1. The highest BCUT2D eigenvalue weighted by Gasteiger charge is 2.28. The van der Waals surface area contributed by atoms with Gasteiger partial charge < -0.3 is 10.2 Å². The van der Waals surface area contributed by atoms with Crippen LogP contribution in [0.15, 0.2) is 18.2 Å². The molecule has 6 heteroatoms. The first-order valence-corrected chi connectivity index (χ1v) is 7.17. The molecule has 0 bridgehead atoms. The molecule has 1 amide bonds. The van der Waals surface area contributed by atoms with Crippen LogP contribution in [0.4, 0.5) is 11.4 Å². The van der Waals surface area contributed by atoms with Crippen LogP contribution in [-0.2, 0) is 0 Å². The van der Waals surface area contributed by atoms with Gasteiger partial charge in [-0.05, 0) is 24.3 Å². The molecule has 0 aromatic heterocycles. The molecular formula is C15H21N3O3. The second-order valence-corrected chi connectivity index (χ2v) is 5.89. The van der Waals surface area contributed by atoms with E-state index in [1.807, 2.05) is 0 Å². The van der Waals surface area contributed by atoms with Crippen LogP contribution in [0.2, 0.25) is 0 Å². The van der Waals surface area contributed by atoms with E-state index in [1.165, 1.54) is 12.1 Å². The fraction of sp³-hybridized carbons (Fsp3) is 0.533. The summed E-state index contributed by atoms with van der Waals surface area (Å²) in [6.45, 7) is 5.66. The molecule has 1 N–H and O–H groups in total. The van der Waals surface area contributed by atoms with E-state index in [1.54, 1.807) is 18.0 Å². The molecule has 1 aliphatic heterocycles. The van der Waals surface area contributed by atoms with Gasteiger partial charge in [0.05, 0.1) is 10.5 Å². The van der Waals surface area contributed by atoms with Gasteiger partial charge >= 0.3 is 0 Å². The summed E-state index contributed by atoms with van der Waals surface area (Å²) in [7, 11) is 1.71. The van der Waals surface area contributed by atoms with Gasteiger partial charge in [-0.3, -0.25) is 14.9 Å². The number of anilines is 1. The van der Waals surface area contributed by atoms with E-state index in [0.29, 0.717) is 36.2 Å². The smallest absolute Gasteiger partial charge is 0.270 e. The predicted molar refractivity (Wildman–Crippen MR) is 81.5 cm³/mol. The lowest BCUT2D eigenvalue weighted by Gasteiger charge is -2.35. The zero-order valence-corrected chi connectivity index (χ0v) is 12.6. The van der Waals surface area contributed by atoms with E-state index in [0.717, 1.165) is 6.42 Å². The Balaban J connectivity index is 2.32. The molecule has 1 aromatic carbocycles. The fourth-order valence-electron chi connectivity index (χ4n) is 3.04. The summed E-state index contributed by atoms with van der Waals surface area (Å²) in [6, 6.07) is 4.35. The first kappa shape index (κ1) is 15.3. The Morgan fingerprint density at radius 1 is 1.33 bits per heavy atom. The number of likely N-dealkylation sites (tertiary alicyclic amines) is 1. The van der Waals surface area contributed by atoms with E-state index in [4.69, 9.17) is 0 Å². The van der Waals surface area contributed by atoms with Crippen molar-refractivity contribution in [3.05, 3.63) is 33.9 Å². The van der Waals surface area contributed by atoms with Gasteiger partial charge in [-0.2, -0.15) is 0 Å². The number of piperidine rings is 1. The van der Waals surface area contributed by atoms with E-state index < -0.39 is 4.92 Å². The van der Waals surface area contributed by atoms with E-state index in [9.17, 15) is 14.9 Å². The molecule has 2 rings (SSSR count). The molecule has 0 aliphatic carbocycles. The summed E-state index contributed by atoms with van der Waals surface area (Å²) in [5, 5.41) is 13.9. The Labute approximate surface area is 124 Å². The molecule has 0 saturated carbocycles. The van der Waals surface area contributed by atoms with E-state index >= 15 is 0 Å². The molecule has 1 heterocycles. The number of hydrogen-bond acceptors (Lipinski definition) is 4. The third kappa shape index (κ3) is 3.32. The van der Waals surface area contributed by atoms with Crippen LogP contribution in [-0.4, -0.2) is 35.9 Å². The molecule has 114 valence electrons. The maximum atomic E-state index is 12.7. The summed E-state index contributed by atoms with van der Waals surface area (Å²) in [4.78, 5) is 25.0. The minimum absolute atomic E-state index is 0.0598. The minimum Gasteiger partial charge on any atom is -0.387 e. The highest BCUT2D eigenvalue weighted by molar-refractivity contribution is 6.00. The van der Waals surface area contributed by atoms with Crippen LogP contribution in [0.1, 0.15) is 30.6 Å². The van der Waals surface area contributed by atoms with E-state index in [-0.39, 0.29) is 11.6 Å². The lowest BCUT2D eigenvalue weighted by atomic mass is 9.91. The number of carbonyl (C=O) groups is 1. The van der Waals surface area contributed by atoms with Gasteiger partial charge in [-0.25, -0.2) is 0 Å². The Morgan fingerprint density at radius 3 is 2.48 bits per heavy atom. The molecule has 6 nitrogen and oxygen atoms in total. The Morgan fingerprint density at radius 2 is 1.95 bits per heavy atom. The van der Waals surface area contributed by atoms with Gasteiger partial charge in [0.15, 0.2) is 0 Å². The highest BCUT2D eigenvalue weighted by Crippen LogP contribution is 2.27. The van der Waals surface area contributed by atoms with Crippen LogP contribution in [0.5, 0.6) is 0 Å². The topological polar surface area (TPSA) is 75.5 Å². The molecule has 0 spiro atoms. The van der Waals surface area contributed by atoms with Crippen molar-refractivity contribution < 1.29 is 9.72 Å². The van der Waals surface area contributed by atoms with Crippen molar-refractivity contribution in [1.29, 1.82) is 0 Å². The minimum atomic E-state index is -0.475. The number of amides is 1. The second kappa shape index (κ2) is 6.11. The Kier molecular flexibility index (Phi) is 4.45. The van der Waals surface area contributed by atoms with Gasteiger partial charge in [0, 0.05) is 38.0 Å². The van der Waals surface area contributed by atoms with Crippen molar-refractivity contribution in [3.8, 4) is 0 Å². The third-order valence-electron chi connectivity index (χ3n) is 3.87. The monoisotopic (exact) mass is 291 g/mol. The summed E-state index contributed by atoms with van der Waals surface area (Å²) < 4.78 is 0. The maximum Gasteiger partial charge on any atom is 0.270 e. The zero-order chi connectivity index (χ0) is 15.6. The first-order chi connectivity index (χ1) is 9.92. The highest BCUT2D eigenvalue weighted by atomic mass is 16.6. The quantitative estimate of drug-likeness (QED) is 0.686. The van der Waals surface area contributed by atoms with E-state index in [2.05, 4.69) is 19.2 Å². The maximum absolute atomic E-state index is 12.7. The average Bonchev–Trinajstić information content (AvgIpc) is 2.44. The van der Waals surface area contributed by atoms with Gasteiger partial charge in [0.2, 0.25) is 0 Å². The normalized spacial score (nSPS) is 22.0. The number of nitro groups is 1. The average molecular weight is 291 g/mol. The number of hydrogen-bond donors (Lipinski definition) is 1. The molecule has 1 aromatic rings. The van der Waals surface area contributed by atoms with Crippen molar-refractivity contribution in [2.75, 3.05) is 25.5 Å². The lowest BCUT2D eigenvalue weighted by molar-refractivity contribution is -0.384. The molecule has 21 heavy (non-hydrogen) atoms. The summed E-state index contributed by atoms with van der Waals surface area (Å²) >= 11 is 0. The molecule has 2 atom stereocenters. The molecular weight excluding hydrogens is 270 g/mol.